The lowest BCUT2D eigenvalue weighted by Crippen LogP contribution is -1.94. The molecule has 0 aliphatic carbocycles. The molecule has 0 amide bonds. The maximum Gasteiger partial charge on any atom is 0.433 e. The molecule has 0 atom stereocenters. The van der Waals surface area contributed by atoms with Crippen LogP contribution in [0.25, 0.3) is 0 Å². The zero-order chi connectivity index (χ0) is 13.1. The standard InChI is InChI=1S/C11H7ClFNO4/c12-9-3-1-7(5-10(9)13)17-6-8-2-4-11(18-8)14(15)16/h1-5H,6H2. The molecule has 5 nitrogen and oxygen atoms in total. The number of hydrogen-bond acceptors (Lipinski definition) is 4. The fraction of sp³-hybridized carbons (Fsp3) is 0.0909. The second kappa shape index (κ2) is 5.05. The second-order valence-corrected chi connectivity index (χ2v) is 3.77. The van der Waals surface area contributed by atoms with E-state index in [1.54, 1.807) is 0 Å². The van der Waals surface area contributed by atoms with Crippen molar-refractivity contribution in [2.24, 2.45) is 0 Å². The molecule has 0 bridgehead atoms. The van der Waals surface area contributed by atoms with Crippen LogP contribution in [0.1, 0.15) is 5.76 Å². The minimum absolute atomic E-state index is 0.00372. The van der Waals surface area contributed by atoms with Crippen LogP contribution >= 0.6 is 11.6 Å². The Morgan fingerprint density at radius 3 is 2.78 bits per heavy atom. The highest BCUT2D eigenvalue weighted by Gasteiger charge is 2.12. The molecule has 0 spiro atoms. The summed E-state index contributed by atoms with van der Waals surface area (Å²) in [5.41, 5.74) is 0. The van der Waals surface area contributed by atoms with Crippen LogP contribution < -0.4 is 4.74 Å². The molecule has 2 aromatic rings. The van der Waals surface area contributed by atoms with Gasteiger partial charge in [0.05, 0.1) is 11.1 Å². The zero-order valence-corrected chi connectivity index (χ0v) is 9.69. The van der Waals surface area contributed by atoms with Crippen molar-refractivity contribution < 1.29 is 18.5 Å². The average molecular weight is 272 g/mol. The number of rotatable bonds is 4. The zero-order valence-electron chi connectivity index (χ0n) is 8.93. The Labute approximate surface area is 106 Å². The molecule has 0 saturated heterocycles. The molecular formula is C11H7ClFNO4. The van der Waals surface area contributed by atoms with Crippen molar-refractivity contribution in [3.05, 3.63) is 57.0 Å². The Balaban J connectivity index is 2.02. The summed E-state index contributed by atoms with van der Waals surface area (Å²) in [6.07, 6.45) is 0. The Morgan fingerprint density at radius 2 is 2.17 bits per heavy atom. The Bertz CT molecular complexity index is 584. The van der Waals surface area contributed by atoms with Crippen molar-refractivity contribution in [1.82, 2.24) is 0 Å². The monoisotopic (exact) mass is 271 g/mol. The Morgan fingerprint density at radius 1 is 1.39 bits per heavy atom. The summed E-state index contributed by atoms with van der Waals surface area (Å²) in [5, 5.41) is 10.4. The largest absolute Gasteiger partial charge is 0.486 e. The van der Waals surface area contributed by atoms with E-state index in [4.69, 9.17) is 20.8 Å². The number of furan rings is 1. The van der Waals surface area contributed by atoms with E-state index >= 15 is 0 Å². The van der Waals surface area contributed by atoms with Gasteiger partial charge in [-0.2, -0.15) is 0 Å². The van der Waals surface area contributed by atoms with Crippen LogP contribution in [-0.2, 0) is 6.61 Å². The first-order valence-electron chi connectivity index (χ1n) is 4.87. The van der Waals surface area contributed by atoms with Crippen molar-refractivity contribution in [2.75, 3.05) is 0 Å². The lowest BCUT2D eigenvalue weighted by molar-refractivity contribution is -0.402. The quantitative estimate of drug-likeness (QED) is 0.630. The van der Waals surface area contributed by atoms with Gasteiger partial charge in [0.1, 0.15) is 28.9 Å². The highest BCUT2D eigenvalue weighted by Crippen LogP contribution is 2.22. The van der Waals surface area contributed by atoms with Gasteiger partial charge in [-0.05, 0) is 18.2 Å². The number of nitro groups is 1. The summed E-state index contributed by atoms with van der Waals surface area (Å²) in [5.74, 6) is -0.427. The molecule has 0 saturated carbocycles. The average Bonchev–Trinajstić information content (AvgIpc) is 2.79. The fourth-order valence-corrected chi connectivity index (χ4v) is 1.38. The van der Waals surface area contributed by atoms with E-state index in [-0.39, 0.29) is 29.0 Å². The van der Waals surface area contributed by atoms with Gasteiger partial charge in [-0.3, -0.25) is 10.1 Å². The molecule has 2 rings (SSSR count). The van der Waals surface area contributed by atoms with Crippen LogP contribution in [0.3, 0.4) is 0 Å². The van der Waals surface area contributed by atoms with Crippen molar-refractivity contribution >= 4 is 17.5 Å². The van der Waals surface area contributed by atoms with Gasteiger partial charge in [0, 0.05) is 6.07 Å². The highest BCUT2D eigenvalue weighted by atomic mass is 35.5. The van der Waals surface area contributed by atoms with Gasteiger partial charge in [0.2, 0.25) is 0 Å². The molecule has 94 valence electrons. The van der Waals surface area contributed by atoms with Crippen LogP contribution in [0.5, 0.6) is 5.75 Å². The maximum atomic E-state index is 13.1. The number of nitrogens with zero attached hydrogens (tertiary/aromatic N) is 1. The third-order valence-corrected chi connectivity index (χ3v) is 2.41. The topological polar surface area (TPSA) is 65.5 Å². The third kappa shape index (κ3) is 2.78. The molecule has 1 heterocycles. The number of hydrogen-bond donors (Lipinski definition) is 0. The van der Waals surface area contributed by atoms with Crippen LogP contribution in [0, 0.1) is 15.9 Å². The predicted octanol–water partition coefficient (Wildman–Crippen LogP) is 3.56. The van der Waals surface area contributed by atoms with Gasteiger partial charge in [-0.25, -0.2) is 4.39 Å². The minimum atomic E-state index is -0.647. The van der Waals surface area contributed by atoms with E-state index < -0.39 is 10.7 Å². The van der Waals surface area contributed by atoms with Crippen LogP contribution in [0.15, 0.2) is 34.7 Å². The third-order valence-electron chi connectivity index (χ3n) is 2.10. The van der Waals surface area contributed by atoms with Gasteiger partial charge in [-0.1, -0.05) is 11.6 Å². The smallest absolute Gasteiger partial charge is 0.433 e. The predicted molar refractivity (Wildman–Crippen MR) is 61.1 cm³/mol. The van der Waals surface area contributed by atoms with Crippen LogP contribution in [-0.4, -0.2) is 4.92 Å². The van der Waals surface area contributed by atoms with Crippen molar-refractivity contribution in [3.8, 4) is 5.75 Å². The highest BCUT2D eigenvalue weighted by molar-refractivity contribution is 6.30. The van der Waals surface area contributed by atoms with Gasteiger partial charge in [0.25, 0.3) is 0 Å². The van der Waals surface area contributed by atoms with E-state index in [0.29, 0.717) is 0 Å². The van der Waals surface area contributed by atoms with Gasteiger partial charge in [-0.15, -0.1) is 0 Å². The van der Waals surface area contributed by atoms with Gasteiger partial charge in [0.15, 0.2) is 0 Å². The van der Waals surface area contributed by atoms with Gasteiger partial charge < -0.3 is 9.15 Å². The van der Waals surface area contributed by atoms with Crippen LogP contribution in [0.4, 0.5) is 10.3 Å². The summed E-state index contributed by atoms with van der Waals surface area (Å²) in [6, 6.07) is 6.62. The minimum Gasteiger partial charge on any atom is -0.486 e. The molecule has 0 aliphatic heterocycles. The first-order valence-corrected chi connectivity index (χ1v) is 5.25. The molecule has 0 fully saturated rings. The first-order chi connectivity index (χ1) is 8.56. The molecule has 0 unspecified atom stereocenters. The van der Waals surface area contributed by atoms with E-state index in [0.717, 1.165) is 6.07 Å². The van der Waals surface area contributed by atoms with Crippen molar-refractivity contribution in [2.45, 2.75) is 6.61 Å². The van der Waals surface area contributed by atoms with Crippen molar-refractivity contribution in [1.29, 1.82) is 0 Å². The summed E-state index contributed by atoms with van der Waals surface area (Å²) < 4.78 is 23.2. The normalized spacial score (nSPS) is 10.3. The van der Waals surface area contributed by atoms with E-state index in [9.17, 15) is 14.5 Å². The molecular weight excluding hydrogens is 265 g/mol. The number of ether oxygens (including phenoxy) is 1. The van der Waals surface area contributed by atoms with Gasteiger partial charge >= 0.3 is 5.88 Å². The molecule has 0 aliphatic rings. The summed E-state index contributed by atoms with van der Waals surface area (Å²) in [6.45, 7) is -0.0328. The molecule has 7 heteroatoms. The number of halogens is 2. The number of benzene rings is 1. The van der Waals surface area contributed by atoms with E-state index in [2.05, 4.69) is 0 Å². The summed E-state index contributed by atoms with van der Waals surface area (Å²) >= 11 is 5.51. The SMILES string of the molecule is O=[N+]([O-])c1ccc(COc2ccc(Cl)c(F)c2)o1. The van der Waals surface area contributed by atoms with E-state index in [1.807, 2.05) is 0 Å². The Hall–Kier alpha value is -2.08. The van der Waals surface area contributed by atoms with E-state index in [1.165, 1.54) is 24.3 Å². The maximum absolute atomic E-state index is 13.1. The molecule has 0 radical (unpaired) electrons. The molecule has 1 aromatic carbocycles. The first kappa shape index (κ1) is 12.4. The lowest BCUT2D eigenvalue weighted by atomic mass is 10.3. The molecule has 18 heavy (non-hydrogen) atoms. The van der Waals surface area contributed by atoms with Crippen LogP contribution in [0.2, 0.25) is 5.02 Å². The fourth-order valence-electron chi connectivity index (χ4n) is 1.26. The van der Waals surface area contributed by atoms with Crippen molar-refractivity contribution in [3.63, 3.8) is 0 Å². The summed E-state index contributed by atoms with van der Waals surface area (Å²) in [4.78, 5) is 9.73. The molecule has 0 N–H and O–H groups in total. The Kier molecular flexibility index (Phi) is 3.47. The summed E-state index contributed by atoms with van der Waals surface area (Å²) in [7, 11) is 0. The lowest BCUT2D eigenvalue weighted by Gasteiger charge is -2.04. The second-order valence-electron chi connectivity index (χ2n) is 3.36. The molecule has 1 aromatic heterocycles.